The van der Waals surface area contributed by atoms with Crippen LogP contribution in [0.15, 0.2) is 40.1 Å². The van der Waals surface area contributed by atoms with Crippen molar-refractivity contribution in [3.8, 4) is 0 Å². The molecule has 2 aromatic heterocycles. The highest BCUT2D eigenvalue weighted by molar-refractivity contribution is 8.00. The maximum Gasteiger partial charge on any atom is 0.231 e. The molecule has 0 saturated carbocycles. The number of carbonyl (C=O) groups excluding carboxylic acids is 1. The first-order chi connectivity index (χ1) is 11.6. The van der Waals surface area contributed by atoms with Crippen molar-refractivity contribution in [3.05, 3.63) is 56.2 Å². The molecule has 3 rings (SSSR count). The average Bonchev–Trinajstić information content (AvgIpc) is 3.18. The lowest BCUT2D eigenvalue weighted by molar-refractivity contribution is -0.115. The van der Waals surface area contributed by atoms with E-state index in [0.717, 1.165) is 14.8 Å². The number of aromatic nitrogens is 2. The number of halogens is 2. The van der Waals surface area contributed by atoms with Gasteiger partial charge in [-0.05, 0) is 29.1 Å². The molecule has 4 nitrogen and oxygen atoms in total. The molecule has 0 unspecified atom stereocenters. The number of nitrogens with zero attached hydrogens (tertiary/aromatic N) is 2. The molecule has 0 aliphatic carbocycles. The van der Waals surface area contributed by atoms with Gasteiger partial charge in [-0.3, -0.25) is 4.79 Å². The standard InChI is InChI=1S/C15H11Cl2N3OS3/c16-10-4-3-9(12(17)6-10)8-23-15-20-19-14(24-15)18-13(21)7-11-2-1-5-22-11/h1-6H,7-8H2,(H,18,19,21). The zero-order chi connectivity index (χ0) is 16.9. The first-order valence-corrected chi connectivity index (χ1v) is 10.3. The van der Waals surface area contributed by atoms with E-state index >= 15 is 0 Å². The second-order valence-electron chi connectivity index (χ2n) is 4.70. The van der Waals surface area contributed by atoms with E-state index in [1.807, 2.05) is 23.6 Å². The Bertz CT molecular complexity index is 836. The summed E-state index contributed by atoms with van der Waals surface area (Å²) in [7, 11) is 0. The number of amides is 1. The maximum atomic E-state index is 11.9. The smallest absolute Gasteiger partial charge is 0.231 e. The van der Waals surface area contributed by atoms with Crippen LogP contribution < -0.4 is 5.32 Å². The molecule has 0 aliphatic heterocycles. The van der Waals surface area contributed by atoms with Crippen LogP contribution in [0, 0.1) is 0 Å². The molecule has 124 valence electrons. The van der Waals surface area contributed by atoms with Crippen molar-refractivity contribution in [3.63, 3.8) is 0 Å². The van der Waals surface area contributed by atoms with Crippen molar-refractivity contribution >= 4 is 68.7 Å². The minimum atomic E-state index is -0.0918. The van der Waals surface area contributed by atoms with Gasteiger partial charge in [-0.1, -0.05) is 58.4 Å². The summed E-state index contributed by atoms with van der Waals surface area (Å²) in [4.78, 5) is 13.0. The van der Waals surface area contributed by atoms with E-state index in [4.69, 9.17) is 23.2 Å². The molecule has 1 amide bonds. The summed E-state index contributed by atoms with van der Waals surface area (Å²) >= 11 is 16.5. The van der Waals surface area contributed by atoms with Crippen LogP contribution in [-0.4, -0.2) is 16.1 Å². The topological polar surface area (TPSA) is 54.9 Å². The molecule has 0 fully saturated rings. The zero-order valence-corrected chi connectivity index (χ0v) is 16.1. The Morgan fingerprint density at radius 2 is 2.12 bits per heavy atom. The summed E-state index contributed by atoms with van der Waals surface area (Å²) in [6.07, 6.45) is 0.347. The molecular formula is C15H11Cl2N3OS3. The van der Waals surface area contributed by atoms with Gasteiger partial charge in [0.25, 0.3) is 0 Å². The third kappa shape index (κ3) is 4.94. The Morgan fingerprint density at radius 1 is 1.25 bits per heavy atom. The summed E-state index contributed by atoms with van der Waals surface area (Å²) in [5.41, 5.74) is 0.976. The lowest BCUT2D eigenvalue weighted by atomic mass is 10.2. The number of nitrogens with one attached hydrogen (secondary N) is 1. The van der Waals surface area contributed by atoms with Crippen LogP contribution in [0.1, 0.15) is 10.4 Å². The molecule has 0 spiro atoms. The Morgan fingerprint density at radius 3 is 2.88 bits per heavy atom. The van der Waals surface area contributed by atoms with Crippen molar-refractivity contribution in [1.82, 2.24) is 10.2 Å². The number of benzene rings is 1. The number of hydrogen-bond acceptors (Lipinski definition) is 6. The van der Waals surface area contributed by atoms with E-state index in [0.29, 0.717) is 27.4 Å². The fourth-order valence-corrected chi connectivity index (χ4v) is 4.86. The highest BCUT2D eigenvalue weighted by Crippen LogP contribution is 2.31. The largest absolute Gasteiger partial charge is 0.300 e. The number of hydrogen-bond donors (Lipinski definition) is 1. The third-order valence-electron chi connectivity index (χ3n) is 2.93. The van der Waals surface area contributed by atoms with Crippen molar-refractivity contribution in [1.29, 1.82) is 0 Å². The summed E-state index contributed by atoms with van der Waals surface area (Å²) in [6.45, 7) is 0. The molecule has 0 bridgehead atoms. The number of thioether (sulfide) groups is 1. The van der Waals surface area contributed by atoms with Gasteiger partial charge in [0.15, 0.2) is 4.34 Å². The highest BCUT2D eigenvalue weighted by Gasteiger charge is 2.11. The van der Waals surface area contributed by atoms with E-state index in [1.165, 1.54) is 23.1 Å². The van der Waals surface area contributed by atoms with E-state index < -0.39 is 0 Å². The molecule has 0 radical (unpaired) electrons. The van der Waals surface area contributed by atoms with Gasteiger partial charge in [-0.15, -0.1) is 21.5 Å². The van der Waals surface area contributed by atoms with Gasteiger partial charge in [0.1, 0.15) is 0 Å². The maximum absolute atomic E-state index is 11.9. The van der Waals surface area contributed by atoms with Crippen molar-refractivity contribution in [2.24, 2.45) is 0 Å². The number of thiophene rings is 1. The van der Waals surface area contributed by atoms with Crippen LogP contribution in [0.4, 0.5) is 5.13 Å². The normalized spacial score (nSPS) is 10.8. The minimum absolute atomic E-state index is 0.0918. The Balaban J connectivity index is 1.54. The van der Waals surface area contributed by atoms with Gasteiger partial charge in [-0.25, -0.2) is 0 Å². The van der Waals surface area contributed by atoms with Gasteiger partial charge in [0.2, 0.25) is 11.0 Å². The van der Waals surface area contributed by atoms with Gasteiger partial charge in [0.05, 0.1) is 6.42 Å². The Kier molecular flexibility index (Phi) is 6.13. The van der Waals surface area contributed by atoms with Crippen LogP contribution in [-0.2, 0) is 17.0 Å². The molecule has 0 aliphatic rings. The van der Waals surface area contributed by atoms with Crippen LogP contribution >= 0.6 is 57.6 Å². The van der Waals surface area contributed by atoms with Crippen LogP contribution in [0.25, 0.3) is 0 Å². The molecule has 1 N–H and O–H groups in total. The van der Waals surface area contributed by atoms with E-state index in [2.05, 4.69) is 15.5 Å². The van der Waals surface area contributed by atoms with Crippen LogP contribution in [0.2, 0.25) is 10.0 Å². The molecule has 0 saturated heterocycles. The number of anilines is 1. The van der Waals surface area contributed by atoms with Gasteiger partial charge in [-0.2, -0.15) is 0 Å². The average molecular weight is 416 g/mol. The van der Waals surface area contributed by atoms with Crippen molar-refractivity contribution in [2.45, 2.75) is 16.5 Å². The van der Waals surface area contributed by atoms with Crippen molar-refractivity contribution < 1.29 is 4.79 Å². The minimum Gasteiger partial charge on any atom is -0.300 e. The SMILES string of the molecule is O=C(Cc1cccs1)Nc1nnc(SCc2ccc(Cl)cc2Cl)s1. The fourth-order valence-electron chi connectivity index (χ4n) is 1.83. The first-order valence-electron chi connectivity index (χ1n) is 6.82. The predicted octanol–water partition coefficient (Wildman–Crippen LogP) is 5.38. The molecule has 3 aromatic rings. The monoisotopic (exact) mass is 415 g/mol. The van der Waals surface area contributed by atoms with Gasteiger partial charge in [0, 0.05) is 20.7 Å². The van der Waals surface area contributed by atoms with Gasteiger partial charge >= 0.3 is 0 Å². The summed E-state index contributed by atoms with van der Waals surface area (Å²) < 4.78 is 0.771. The fraction of sp³-hybridized carbons (Fsp3) is 0.133. The molecule has 24 heavy (non-hydrogen) atoms. The first kappa shape index (κ1) is 17.7. The molecule has 0 atom stereocenters. The van der Waals surface area contributed by atoms with Gasteiger partial charge < -0.3 is 5.32 Å². The summed E-state index contributed by atoms with van der Waals surface area (Å²) in [5, 5.41) is 14.5. The van der Waals surface area contributed by atoms with E-state index in [1.54, 1.807) is 23.5 Å². The van der Waals surface area contributed by atoms with Crippen molar-refractivity contribution in [2.75, 3.05) is 5.32 Å². The third-order valence-corrected chi connectivity index (χ3v) is 6.42. The Labute approximate surface area is 161 Å². The molecular weight excluding hydrogens is 405 g/mol. The summed E-state index contributed by atoms with van der Waals surface area (Å²) in [6, 6.07) is 9.27. The zero-order valence-electron chi connectivity index (χ0n) is 12.2. The molecule has 1 aromatic carbocycles. The quantitative estimate of drug-likeness (QED) is 0.433. The van der Waals surface area contributed by atoms with Crippen LogP contribution in [0.3, 0.4) is 0 Å². The van der Waals surface area contributed by atoms with E-state index in [-0.39, 0.29) is 5.91 Å². The number of carbonyl (C=O) groups is 1. The van der Waals surface area contributed by atoms with Crippen LogP contribution in [0.5, 0.6) is 0 Å². The molecule has 2 heterocycles. The second-order valence-corrected chi connectivity index (χ2v) is 8.78. The molecule has 9 heteroatoms. The number of rotatable bonds is 6. The Hall–Kier alpha value is -1.12. The second kappa shape index (κ2) is 8.31. The summed E-state index contributed by atoms with van der Waals surface area (Å²) in [5.74, 6) is 0.569. The van der Waals surface area contributed by atoms with E-state index in [9.17, 15) is 4.79 Å². The lowest BCUT2D eigenvalue weighted by Crippen LogP contribution is -2.13. The lowest BCUT2D eigenvalue weighted by Gasteiger charge is -2.02. The highest BCUT2D eigenvalue weighted by atomic mass is 35.5. The predicted molar refractivity (Wildman–Crippen MR) is 103 cm³/mol.